The minimum absolute atomic E-state index is 0.00630. The summed E-state index contributed by atoms with van der Waals surface area (Å²) in [6.07, 6.45) is 3.52. The molecule has 1 rings (SSSR count). The Morgan fingerprint density at radius 2 is 1.85 bits per heavy atom. The molecular formula is C10H8N2O. The summed E-state index contributed by atoms with van der Waals surface area (Å²) in [5, 5.41) is 17.2. The molecule has 0 aromatic carbocycles. The molecule has 0 radical (unpaired) electrons. The minimum atomic E-state index is 0.00630. The van der Waals surface area contributed by atoms with Crippen LogP contribution in [0.25, 0.3) is 0 Å². The molecule has 1 aliphatic rings. The van der Waals surface area contributed by atoms with E-state index in [2.05, 4.69) is 0 Å². The number of hydrogen-bond donors (Lipinski definition) is 0. The molecule has 0 fully saturated rings. The first-order valence-electron chi connectivity index (χ1n) is 3.76. The summed E-state index contributed by atoms with van der Waals surface area (Å²) in [4.78, 5) is 0. The lowest BCUT2D eigenvalue weighted by atomic mass is 10.1. The average molecular weight is 172 g/mol. The third kappa shape index (κ3) is 1.98. The van der Waals surface area contributed by atoms with E-state index in [1.54, 1.807) is 25.1 Å². The van der Waals surface area contributed by atoms with Crippen molar-refractivity contribution in [1.29, 1.82) is 10.5 Å². The summed E-state index contributed by atoms with van der Waals surface area (Å²) in [7, 11) is 0. The zero-order valence-electron chi connectivity index (χ0n) is 7.46. The maximum absolute atomic E-state index is 8.59. The Balaban J connectivity index is 3.15. The molecule has 0 aliphatic carbocycles. The molecule has 0 spiro atoms. The van der Waals surface area contributed by atoms with Crippen LogP contribution >= 0.6 is 0 Å². The normalized spacial score (nSPS) is 14.6. The molecule has 0 bridgehead atoms. The molecule has 0 N–H and O–H groups in total. The van der Waals surface area contributed by atoms with E-state index < -0.39 is 0 Å². The van der Waals surface area contributed by atoms with E-state index in [-0.39, 0.29) is 5.57 Å². The first kappa shape index (κ1) is 9.09. The van der Waals surface area contributed by atoms with Crippen LogP contribution in [0.4, 0.5) is 0 Å². The van der Waals surface area contributed by atoms with Gasteiger partial charge in [-0.15, -0.1) is 0 Å². The van der Waals surface area contributed by atoms with Gasteiger partial charge in [0.2, 0.25) is 0 Å². The third-order valence-electron chi connectivity index (χ3n) is 1.53. The summed E-state index contributed by atoms with van der Waals surface area (Å²) in [5.74, 6) is 1.03. The molecular weight excluding hydrogens is 164 g/mol. The summed E-state index contributed by atoms with van der Waals surface area (Å²) in [5.41, 5.74) is 0.980. The lowest BCUT2D eigenvalue weighted by Gasteiger charge is -2.12. The van der Waals surface area contributed by atoms with Crippen molar-refractivity contribution in [3.05, 3.63) is 34.8 Å². The summed E-state index contributed by atoms with van der Waals surface area (Å²) in [6, 6.07) is 3.57. The van der Waals surface area contributed by atoms with Crippen LogP contribution in [0.5, 0.6) is 0 Å². The predicted molar refractivity (Wildman–Crippen MR) is 46.9 cm³/mol. The third-order valence-corrected chi connectivity index (χ3v) is 1.53. The van der Waals surface area contributed by atoms with Crippen LogP contribution in [0.1, 0.15) is 13.8 Å². The van der Waals surface area contributed by atoms with Crippen molar-refractivity contribution >= 4 is 0 Å². The van der Waals surface area contributed by atoms with Gasteiger partial charge in [-0.1, -0.05) is 0 Å². The van der Waals surface area contributed by atoms with Gasteiger partial charge in [-0.2, -0.15) is 10.5 Å². The van der Waals surface area contributed by atoms with E-state index in [1.165, 1.54) is 0 Å². The highest BCUT2D eigenvalue weighted by Crippen LogP contribution is 2.20. The second kappa shape index (κ2) is 3.60. The summed E-state index contributed by atoms with van der Waals surface area (Å²) >= 11 is 0. The first-order valence-corrected chi connectivity index (χ1v) is 3.76. The fraction of sp³-hybridized carbons (Fsp3) is 0.200. The van der Waals surface area contributed by atoms with Crippen molar-refractivity contribution in [3.63, 3.8) is 0 Å². The van der Waals surface area contributed by atoms with Crippen LogP contribution in [0, 0.1) is 22.7 Å². The highest BCUT2D eigenvalue weighted by Gasteiger charge is 2.10. The number of hydrogen-bond acceptors (Lipinski definition) is 3. The standard InChI is InChI=1S/C10H8N2O/c1-7-3-8(2)13-10(4-7)9(5-11)6-12/h3-4H,1-2H3. The molecule has 0 saturated heterocycles. The Kier molecular flexibility index (Phi) is 2.52. The maximum Gasteiger partial charge on any atom is 0.172 e. The van der Waals surface area contributed by atoms with Crippen molar-refractivity contribution in [1.82, 2.24) is 0 Å². The monoisotopic (exact) mass is 172 g/mol. The first-order chi connectivity index (χ1) is 6.17. The molecule has 0 unspecified atom stereocenters. The van der Waals surface area contributed by atoms with E-state index >= 15 is 0 Å². The van der Waals surface area contributed by atoms with E-state index in [0.29, 0.717) is 11.5 Å². The highest BCUT2D eigenvalue weighted by molar-refractivity contribution is 5.46. The number of nitriles is 2. The Morgan fingerprint density at radius 1 is 1.23 bits per heavy atom. The van der Waals surface area contributed by atoms with Gasteiger partial charge in [-0.3, -0.25) is 0 Å². The van der Waals surface area contributed by atoms with E-state index in [1.807, 2.05) is 13.0 Å². The van der Waals surface area contributed by atoms with Gasteiger partial charge in [-0.25, -0.2) is 0 Å². The molecule has 0 aromatic rings. The van der Waals surface area contributed by atoms with Crippen molar-refractivity contribution in [2.24, 2.45) is 0 Å². The lowest BCUT2D eigenvalue weighted by molar-refractivity contribution is 0.315. The second-order valence-electron chi connectivity index (χ2n) is 2.71. The van der Waals surface area contributed by atoms with Crippen molar-refractivity contribution in [2.75, 3.05) is 0 Å². The van der Waals surface area contributed by atoms with Crippen LogP contribution in [-0.4, -0.2) is 0 Å². The van der Waals surface area contributed by atoms with Crippen LogP contribution in [0.15, 0.2) is 34.8 Å². The quantitative estimate of drug-likeness (QED) is 0.526. The van der Waals surface area contributed by atoms with Crippen molar-refractivity contribution < 1.29 is 4.74 Å². The maximum atomic E-state index is 8.59. The highest BCUT2D eigenvalue weighted by atomic mass is 16.5. The van der Waals surface area contributed by atoms with Gasteiger partial charge < -0.3 is 4.74 Å². The SMILES string of the molecule is CC1=CC(=C(C#N)C#N)OC(C)=C1. The van der Waals surface area contributed by atoms with Crippen LogP contribution in [0.2, 0.25) is 0 Å². The summed E-state index contributed by atoms with van der Waals surface area (Å²) in [6.45, 7) is 3.67. The van der Waals surface area contributed by atoms with Crippen LogP contribution in [0.3, 0.4) is 0 Å². The molecule has 0 aromatic heterocycles. The zero-order valence-corrected chi connectivity index (χ0v) is 7.46. The molecule has 13 heavy (non-hydrogen) atoms. The Morgan fingerprint density at radius 3 is 2.31 bits per heavy atom. The molecule has 0 atom stereocenters. The molecule has 1 aliphatic heterocycles. The van der Waals surface area contributed by atoms with Gasteiger partial charge in [0.05, 0.1) is 0 Å². The topological polar surface area (TPSA) is 56.8 Å². The number of nitrogens with zero attached hydrogens (tertiary/aromatic N) is 2. The van der Waals surface area contributed by atoms with Crippen LogP contribution < -0.4 is 0 Å². The number of ether oxygens (including phenoxy) is 1. The molecule has 0 amide bonds. The lowest BCUT2D eigenvalue weighted by Crippen LogP contribution is -1.97. The summed E-state index contributed by atoms with van der Waals surface area (Å²) < 4.78 is 5.22. The number of rotatable bonds is 0. The van der Waals surface area contributed by atoms with Gasteiger partial charge in [0.25, 0.3) is 0 Å². The Hall–Kier alpha value is -2.00. The van der Waals surface area contributed by atoms with Gasteiger partial charge in [0.15, 0.2) is 11.3 Å². The van der Waals surface area contributed by atoms with E-state index in [4.69, 9.17) is 15.3 Å². The Bertz CT molecular complexity index is 384. The van der Waals surface area contributed by atoms with Crippen molar-refractivity contribution in [2.45, 2.75) is 13.8 Å². The fourth-order valence-corrected chi connectivity index (χ4v) is 1.06. The second-order valence-corrected chi connectivity index (χ2v) is 2.71. The molecule has 64 valence electrons. The van der Waals surface area contributed by atoms with Gasteiger partial charge in [0.1, 0.15) is 17.9 Å². The van der Waals surface area contributed by atoms with Crippen molar-refractivity contribution in [3.8, 4) is 12.1 Å². The zero-order chi connectivity index (χ0) is 9.84. The largest absolute Gasteiger partial charge is 0.460 e. The smallest absolute Gasteiger partial charge is 0.172 e. The molecule has 3 nitrogen and oxygen atoms in total. The molecule has 0 saturated carbocycles. The van der Waals surface area contributed by atoms with Crippen LogP contribution in [-0.2, 0) is 4.74 Å². The van der Waals surface area contributed by atoms with Gasteiger partial charge >= 0.3 is 0 Å². The van der Waals surface area contributed by atoms with Gasteiger partial charge in [-0.05, 0) is 31.6 Å². The fourth-order valence-electron chi connectivity index (χ4n) is 1.06. The van der Waals surface area contributed by atoms with E-state index in [9.17, 15) is 0 Å². The van der Waals surface area contributed by atoms with E-state index in [0.717, 1.165) is 5.57 Å². The molecule has 1 heterocycles. The minimum Gasteiger partial charge on any atom is -0.460 e. The average Bonchev–Trinajstić information content (AvgIpc) is 2.04. The Labute approximate surface area is 76.8 Å². The van der Waals surface area contributed by atoms with Gasteiger partial charge in [0, 0.05) is 0 Å². The number of allylic oxidation sites excluding steroid dienone is 5. The molecule has 3 heteroatoms. The predicted octanol–water partition coefficient (Wildman–Crippen LogP) is 2.17.